The molecule has 2 aromatic rings. The Bertz CT molecular complexity index is 321. The normalized spacial score (nSPS) is 8.80. The predicted octanol–water partition coefficient (Wildman–Crippen LogP) is 4.01. The Morgan fingerprint density at radius 2 is 1.60 bits per heavy atom. The van der Waals surface area contributed by atoms with Gasteiger partial charge in [-0.1, -0.05) is 0 Å². The fourth-order valence-electron chi connectivity index (χ4n) is 1.000. The molecule has 0 bridgehead atoms. The van der Waals surface area contributed by atoms with Crippen molar-refractivity contribution in [3.8, 4) is 0 Å². The molecule has 0 atom stereocenters. The van der Waals surface area contributed by atoms with Crippen LogP contribution in [-0.4, -0.2) is 0 Å². The Morgan fingerprint density at radius 1 is 1.00 bits per heavy atom. The van der Waals surface area contributed by atoms with E-state index in [-0.39, 0.29) is 17.1 Å². The molecule has 0 aliphatic rings. The quantitative estimate of drug-likeness (QED) is 0.421. The van der Waals surface area contributed by atoms with E-state index in [1.54, 1.807) is 6.08 Å². The maximum absolute atomic E-state index is 3.57. The van der Waals surface area contributed by atoms with Crippen LogP contribution >= 0.6 is 0 Å². The van der Waals surface area contributed by atoms with Gasteiger partial charge in [0, 0.05) is 0 Å². The van der Waals surface area contributed by atoms with Crippen molar-refractivity contribution in [1.82, 2.24) is 0 Å². The average molecular weight is 238 g/mol. The third kappa shape index (κ3) is 6.73. The summed E-state index contributed by atoms with van der Waals surface area (Å²) in [5, 5.41) is 0. The van der Waals surface area contributed by atoms with Gasteiger partial charge in [-0.05, 0) is 0 Å². The van der Waals surface area contributed by atoms with E-state index in [2.05, 4.69) is 18.7 Å². The van der Waals surface area contributed by atoms with E-state index >= 15 is 0 Å². The van der Waals surface area contributed by atoms with E-state index in [1.165, 1.54) is 5.56 Å². The number of allylic oxidation sites excluding steroid dienone is 2. The van der Waals surface area contributed by atoms with E-state index in [4.69, 9.17) is 0 Å². The molecular weight excluding hydrogens is 224 g/mol. The van der Waals surface area contributed by atoms with Crippen LogP contribution in [0.2, 0.25) is 0 Å². The Kier molecular flexibility index (Phi) is 8.46. The topological polar surface area (TPSA) is 0 Å². The smallest absolute Gasteiger partial charge is 0.214 e. The minimum absolute atomic E-state index is 0. The molecule has 0 aliphatic heterocycles. The molecule has 0 amide bonds. The summed E-state index contributed by atoms with van der Waals surface area (Å²) in [4.78, 5) is 0. The van der Waals surface area contributed by atoms with E-state index < -0.39 is 0 Å². The fraction of sp³-hybridized carbons (Fsp3) is 0. The van der Waals surface area contributed by atoms with E-state index in [0.717, 1.165) is 0 Å². The van der Waals surface area contributed by atoms with E-state index in [9.17, 15) is 0 Å². The zero-order chi connectivity index (χ0) is 10.1. The van der Waals surface area contributed by atoms with Gasteiger partial charge in [0.1, 0.15) is 0 Å². The molecule has 0 heterocycles. The van der Waals surface area contributed by atoms with Crippen molar-refractivity contribution >= 4 is 6.08 Å². The average Bonchev–Trinajstić information content (AvgIpc) is 2.90. The molecule has 0 aliphatic carbocycles. The van der Waals surface area contributed by atoms with Crippen LogP contribution in [0, 0.1) is 0 Å². The number of hydrogen-bond donors (Lipinski definition) is 0. The van der Waals surface area contributed by atoms with Crippen LogP contribution in [0.3, 0.4) is 0 Å². The van der Waals surface area contributed by atoms with Gasteiger partial charge in [0.05, 0.1) is 0 Å². The summed E-state index contributed by atoms with van der Waals surface area (Å²) in [6.45, 7) is 3.57. The van der Waals surface area contributed by atoms with Gasteiger partial charge in [-0.15, -0.1) is 42.5 Å². The van der Waals surface area contributed by atoms with Crippen molar-refractivity contribution in [1.29, 1.82) is 0 Å². The Hall–Kier alpha value is -1.30. The van der Waals surface area contributed by atoms with E-state index in [0.29, 0.717) is 0 Å². The van der Waals surface area contributed by atoms with Gasteiger partial charge in [-0.3, -0.25) is 0 Å². The molecule has 2 rings (SSSR count). The van der Waals surface area contributed by atoms with Gasteiger partial charge in [0.15, 0.2) is 0 Å². The summed E-state index contributed by atoms with van der Waals surface area (Å²) in [5.74, 6) is 0. The van der Waals surface area contributed by atoms with Crippen molar-refractivity contribution in [2.75, 3.05) is 0 Å². The Balaban J connectivity index is 0.000000280. The molecular formula is C14H14Fe. The van der Waals surface area contributed by atoms with Crippen LogP contribution in [0.25, 0.3) is 6.08 Å². The monoisotopic (exact) mass is 238 g/mol. The second kappa shape index (κ2) is 9.26. The zero-order valence-electron chi connectivity index (χ0n) is 8.49. The first-order valence-electron chi connectivity index (χ1n) is 4.61. The summed E-state index contributed by atoms with van der Waals surface area (Å²) in [6.07, 6.45) is 5.72. The Labute approximate surface area is 102 Å². The molecule has 78 valence electrons. The first-order chi connectivity index (χ1) is 6.93. The first kappa shape index (κ1) is 13.7. The van der Waals surface area contributed by atoms with Crippen LogP contribution < -0.4 is 0 Å². The van der Waals surface area contributed by atoms with Crippen LogP contribution in [-0.2, 0) is 17.1 Å². The first-order valence-corrected chi connectivity index (χ1v) is 4.61. The second-order valence-electron chi connectivity index (χ2n) is 2.78. The molecule has 0 saturated heterocycles. The molecule has 2 aromatic carbocycles. The molecule has 0 unspecified atom stereocenters. The summed E-state index contributed by atoms with van der Waals surface area (Å²) >= 11 is 0. The van der Waals surface area contributed by atoms with Crippen LogP contribution in [0.1, 0.15) is 5.56 Å². The third-order valence-corrected chi connectivity index (χ3v) is 1.67. The van der Waals surface area contributed by atoms with Gasteiger partial charge < -0.3 is 0 Å². The molecule has 0 nitrogen and oxygen atoms in total. The van der Waals surface area contributed by atoms with Gasteiger partial charge in [-0.2, -0.15) is 30.3 Å². The third-order valence-electron chi connectivity index (χ3n) is 1.67. The predicted molar refractivity (Wildman–Crippen MR) is 63.3 cm³/mol. The Morgan fingerprint density at radius 3 is 2.00 bits per heavy atom. The molecule has 0 N–H and O–H groups in total. The summed E-state index contributed by atoms with van der Waals surface area (Å²) in [5.41, 5.74) is 1.23. The minimum atomic E-state index is 0. The van der Waals surface area contributed by atoms with Crippen molar-refractivity contribution in [2.45, 2.75) is 0 Å². The summed E-state index contributed by atoms with van der Waals surface area (Å²) < 4.78 is 0. The molecule has 0 aromatic heterocycles. The summed E-state index contributed by atoms with van der Waals surface area (Å²) in [7, 11) is 0. The molecule has 0 fully saturated rings. The van der Waals surface area contributed by atoms with Crippen molar-refractivity contribution in [3.63, 3.8) is 0 Å². The van der Waals surface area contributed by atoms with Crippen LogP contribution in [0.15, 0.2) is 73.3 Å². The fourth-order valence-corrected chi connectivity index (χ4v) is 1.000. The van der Waals surface area contributed by atoms with Gasteiger partial charge in [-0.25, -0.2) is 12.1 Å². The second-order valence-corrected chi connectivity index (χ2v) is 2.78. The molecule has 0 saturated carbocycles. The molecule has 1 heteroatoms. The van der Waals surface area contributed by atoms with Gasteiger partial charge >= 0.3 is 17.1 Å². The standard InChI is InChI=1S/C9H9.C5H5.Fe/c1-2-3-6-9-7-4-5-8-9;1-2-4-5-3-1;/h2-8H,1H2;1-5H;/q2*-1;+2. The maximum Gasteiger partial charge on any atom is 2.00 e. The largest absolute Gasteiger partial charge is 2.00 e. The van der Waals surface area contributed by atoms with Crippen molar-refractivity contribution < 1.29 is 17.1 Å². The number of hydrogen-bond acceptors (Lipinski definition) is 0. The van der Waals surface area contributed by atoms with Crippen LogP contribution in [0.4, 0.5) is 0 Å². The number of rotatable bonds is 2. The van der Waals surface area contributed by atoms with Crippen LogP contribution in [0.5, 0.6) is 0 Å². The van der Waals surface area contributed by atoms with Crippen molar-refractivity contribution in [3.05, 3.63) is 78.9 Å². The molecule has 0 radical (unpaired) electrons. The SMILES string of the molecule is C=CC=C[c-]1cccc1.[Fe+2].c1cc[cH-]c1. The molecule has 0 spiro atoms. The van der Waals surface area contributed by atoms with Gasteiger partial charge in [0.2, 0.25) is 0 Å². The van der Waals surface area contributed by atoms with Crippen molar-refractivity contribution in [2.24, 2.45) is 0 Å². The zero-order valence-corrected chi connectivity index (χ0v) is 9.59. The summed E-state index contributed by atoms with van der Waals surface area (Å²) in [6, 6.07) is 18.1. The molecule has 15 heavy (non-hydrogen) atoms. The minimum Gasteiger partial charge on any atom is -0.214 e. The van der Waals surface area contributed by atoms with Gasteiger partial charge in [0.25, 0.3) is 0 Å². The maximum atomic E-state index is 3.57. The van der Waals surface area contributed by atoms with E-state index in [1.807, 2.05) is 54.6 Å².